The highest BCUT2D eigenvalue weighted by Gasteiger charge is 2.14. The molecule has 1 heterocycles. The van der Waals surface area contributed by atoms with Crippen molar-refractivity contribution in [2.24, 2.45) is 11.8 Å². The van der Waals surface area contributed by atoms with Crippen LogP contribution in [0.25, 0.3) is 0 Å². The topological polar surface area (TPSA) is 67.1 Å². The predicted octanol–water partition coefficient (Wildman–Crippen LogP) is 1.55. The van der Waals surface area contributed by atoms with Gasteiger partial charge in [-0.05, 0) is 26.8 Å². The first-order valence-electron chi connectivity index (χ1n) is 5.95. The van der Waals surface area contributed by atoms with Gasteiger partial charge in [-0.25, -0.2) is 15.8 Å². The highest BCUT2D eigenvalue weighted by atomic mass is 15.3. The molecule has 3 N–H and O–H groups in total. The van der Waals surface area contributed by atoms with Gasteiger partial charge in [-0.15, -0.1) is 0 Å². The second-order valence-corrected chi connectivity index (χ2v) is 4.85. The summed E-state index contributed by atoms with van der Waals surface area (Å²) in [4.78, 5) is 11.0. The molecule has 0 aliphatic rings. The van der Waals surface area contributed by atoms with Gasteiger partial charge in [0.1, 0.15) is 11.6 Å². The molecule has 1 unspecified atom stereocenters. The molecule has 0 aliphatic heterocycles. The zero-order valence-electron chi connectivity index (χ0n) is 11.4. The third kappa shape index (κ3) is 3.94. The Balaban J connectivity index is 2.77. The maximum atomic E-state index is 5.37. The van der Waals surface area contributed by atoms with Crippen LogP contribution in [0.2, 0.25) is 0 Å². The van der Waals surface area contributed by atoms with Gasteiger partial charge in [0.05, 0.1) is 6.54 Å². The van der Waals surface area contributed by atoms with Crippen molar-refractivity contribution in [3.63, 3.8) is 0 Å². The lowest BCUT2D eigenvalue weighted by Crippen LogP contribution is -2.33. The van der Waals surface area contributed by atoms with E-state index in [-0.39, 0.29) is 0 Å². The average molecular weight is 237 g/mol. The summed E-state index contributed by atoms with van der Waals surface area (Å²) < 4.78 is 0. The molecule has 0 saturated carbocycles. The summed E-state index contributed by atoms with van der Waals surface area (Å²) in [6.07, 6.45) is 0. The van der Waals surface area contributed by atoms with E-state index in [0.717, 1.165) is 18.1 Å². The van der Waals surface area contributed by atoms with Gasteiger partial charge in [-0.3, -0.25) is 4.90 Å². The minimum atomic E-state index is 0.494. The Morgan fingerprint density at radius 1 is 1.35 bits per heavy atom. The molecular weight excluding hydrogens is 214 g/mol. The van der Waals surface area contributed by atoms with Crippen LogP contribution in [-0.4, -0.2) is 28.0 Å². The molecule has 0 fully saturated rings. The third-order valence-electron chi connectivity index (χ3n) is 3.10. The van der Waals surface area contributed by atoms with Crippen molar-refractivity contribution in [1.82, 2.24) is 14.9 Å². The minimum Gasteiger partial charge on any atom is -0.308 e. The molecular formula is C12H23N5. The number of hydrazine groups is 1. The molecule has 17 heavy (non-hydrogen) atoms. The smallest absolute Gasteiger partial charge is 0.145 e. The molecule has 1 atom stereocenters. The lowest BCUT2D eigenvalue weighted by atomic mass is 10.1. The van der Waals surface area contributed by atoms with E-state index in [1.807, 2.05) is 13.0 Å². The Labute approximate surface area is 103 Å². The van der Waals surface area contributed by atoms with Crippen LogP contribution in [0.3, 0.4) is 0 Å². The van der Waals surface area contributed by atoms with Crippen LogP contribution in [-0.2, 0) is 6.54 Å². The molecule has 0 spiro atoms. The number of hydrogen-bond donors (Lipinski definition) is 2. The second-order valence-electron chi connectivity index (χ2n) is 4.85. The lowest BCUT2D eigenvalue weighted by molar-refractivity contribution is 0.196. The Kier molecular flexibility index (Phi) is 4.84. The summed E-state index contributed by atoms with van der Waals surface area (Å²) >= 11 is 0. The second kappa shape index (κ2) is 5.93. The first kappa shape index (κ1) is 13.9. The van der Waals surface area contributed by atoms with Gasteiger partial charge in [0.15, 0.2) is 0 Å². The molecule has 1 aromatic rings. The first-order chi connectivity index (χ1) is 7.93. The van der Waals surface area contributed by atoms with E-state index in [1.165, 1.54) is 0 Å². The fourth-order valence-corrected chi connectivity index (χ4v) is 1.65. The van der Waals surface area contributed by atoms with Crippen molar-refractivity contribution in [3.8, 4) is 0 Å². The number of nitrogens with two attached hydrogens (primary N) is 1. The molecule has 1 aromatic heterocycles. The van der Waals surface area contributed by atoms with Crippen molar-refractivity contribution >= 4 is 5.82 Å². The highest BCUT2D eigenvalue weighted by Crippen LogP contribution is 2.12. The zero-order chi connectivity index (χ0) is 13.0. The molecule has 96 valence electrons. The van der Waals surface area contributed by atoms with Gasteiger partial charge in [-0.2, -0.15) is 0 Å². The van der Waals surface area contributed by atoms with Crippen molar-refractivity contribution < 1.29 is 0 Å². The summed E-state index contributed by atoms with van der Waals surface area (Å²) in [5.74, 6) is 7.44. The molecule has 0 aliphatic carbocycles. The SMILES string of the molecule is Cc1cc(NN)nc(CN(C)C(C)C(C)C)n1. The Hall–Kier alpha value is -1.20. The summed E-state index contributed by atoms with van der Waals surface area (Å²) in [7, 11) is 2.09. The van der Waals surface area contributed by atoms with Gasteiger partial charge >= 0.3 is 0 Å². The normalized spacial score (nSPS) is 13.2. The van der Waals surface area contributed by atoms with Crippen LogP contribution in [0.1, 0.15) is 32.3 Å². The Bertz CT molecular complexity index is 364. The molecule has 0 bridgehead atoms. The number of aromatic nitrogens is 2. The van der Waals surface area contributed by atoms with Crippen LogP contribution < -0.4 is 11.3 Å². The fraction of sp³-hybridized carbons (Fsp3) is 0.667. The van der Waals surface area contributed by atoms with E-state index in [4.69, 9.17) is 5.84 Å². The van der Waals surface area contributed by atoms with E-state index in [0.29, 0.717) is 17.8 Å². The minimum absolute atomic E-state index is 0.494. The maximum Gasteiger partial charge on any atom is 0.145 e. The molecule has 5 heteroatoms. The summed E-state index contributed by atoms with van der Waals surface area (Å²) in [6, 6.07) is 2.32. The summed E-state index contributed by atoms with van der Waals surface area (Å²) in [6.45, 7) is 9.31. The zero-order valence-corrected chi connectivity index (χ0v) is 11.4. The molecule has 0 saturated heterocycles. The first-order valence-corrected chi connectivity index (χ1v) is 5.95. The van der Waals surface area contributed by atoms with Crippen LogP contribution in [0.5, 0.6) is 0 Å². The number of nitrogen functional groups attached to an aromatic ring is 1. The van der Waals surface area contributed by atoms with Gasteiger partial charge in [-0.1, -0.05) is 13.8 Å². The van der Waals surface area contributed by atoms with Crippen molar-refractivity contribution in [3.05, 3.63) is 17.6 Å². The van der Waals surface area contributed by atoms with E-state index in [9.17, 15) is 0 Å². The maximum absolute atomic E-state index is 5.37. The van der Waals surface area contributed by atoms with Crippen molar-refractivity contribution in [2.45, 2.75) is 40.3 Å². The van der Waals surface area contributed by atoms with E-state index >= 15 is 0 Å². The molecule has 0 radical (unpaired) electrons. The van der Waals surface area contributed by atoms with Gasteiger partial charge in [0.2, 0.25) is 0 Å². The van der Waals surface area contributed by atoms with Crippen molar-refractivity contribution in [2.75, 3.05) is 12.5 Å². The lowest BCUT2D eigenvalue weighted by Gasteiger charge is -2.27. The van der Waals surface area contributed by atoms with Crippen LogP contribution in [0.4, 0.5) is 5.82 Å². The number of hydrogen-bond acceptors (Lipinski definition) is 5. The number of anilines is 1. The van der Waals surface area contributed by atoms with Crippen LogP contribution in [0, 0.1) is 12.8 Å². The molecule has 0 amide bonds. The van der Waals surface area contributed by atoms with E-state index < -0.39 is 0 Å². The number of aryl methyl sites for hydroxylation is 1. The van der Waals surface area contributed by atoms with Gasteiger partial charge in [0.25, 0.3) is 0 Å². The number of rotatable bonds is 5. The Morgan fingerprint density at radius 2 is 2.00 bits per heavy atom. The van der Waals surface area contributed by atoms with Gasteiger partial charge < -0.3 is 5.43 Å². The quantitative estimate of drug-likeness (QED) is 0.601. The average Bonchev–Trinajstić information content (AvgIpc) is 2.26. The van der Waals surface area contributed by atoms with Crippen LogP contribution >= 0.6 is 0 Å². The number of nitrogens with one attached hydrogen (secondary N) is 1. The number of nitrogens with zero attached hydrogens (tertiary/aromatic N) is 3. The predicted molar refractivity (Wildman–Crippen MR) is 70.3 cm³/mol. The molecule has 1 rings (SSSR count). The van der Waals surface area contributed by atoms with Crippen molar-refractivity contribution in [1.29, 1.82) is 0 Å². The Morgan fingerprint density at radius 3 is 2.53 bits per heavy atom. The van der Waals surface area contributed by atoms with Crippen LogP contribution in [0.15, 0.2) is 6.07 Å². The fourth-order valence-electron chi connectivity index (χ4n) is 1.65. The highest BCUT2D eigenvalue weighted by molar-refractivity contribution is 5.33. The molecule has 5 nitrogen and oxygen atoms in total. The van der Waals surface area contributed by atoms with E-state index in [2.05, 4.69) is 48.1 Å². The van der Waals surface area contributed by atoms with Gasteiger partial charge in [0, 0.05) is 17.8 Å². The summed E-state index contributed by atoms with van der Waals surface area (Å²) in [5.41, 5.74) is 3.49. The molecule has 0 aromatic carbocycles. The largest absolute Gasteiger partial charge is 0.308 e. The standard InChI is InChI=1S/C12H23N5/c1-8(2)10(4)17(5)7-12-14-9(3)6-11(15-12)16-13/h6,8,10H,7,13H2,1-5H3,(H,14,15,16). The summed E-state index contributed by atoms with van der Waals surface area (Å²) in [5, 5.41) is 0. The van der Waals surface area contributed by atoms with E-state index in [1.54, 1.807) is 0 Å². The third-order valence-corrected chi connectivity index (χ3v) is 3.10. The monoisotopic (exact) mass is 237 g/mol.